The molecule has 3 fully saturated rings. The Morgan fingerprint density at radius 1 is 1.33 bits per heavy atom. The molecule has 0 amide bonds. The molecule has 4 heterocycles. The number of nitrogens with zero attached hydrogens (tertiary/aromatic N) is 4. The van der Waals surface area contributed by atoms with E-state index in [1.165, 1.54) is 31.5 Å². The first kappa shape index (κ1) is 12.3. The Kier molecular flexibility index (Phi) is 2.54. The molecule has 0 spiro atoms. The summed E-state index contributed by atoms with van der Waals surface area (Å²) in [7, 11) is 0. The van der Waals surface area contributed by atoms with E-state index in [1.807, 2.05) is 11.3 Å². The van der Waals surface area contributed by atoms with Gasteiger partial charge in [0.2, 0.25) is 0 Å². The number of hydrazone groups is 2. The number of hydrogen-bond acceptors (Lipinski definition) is 6. The molecule has 6 heteroatoms. The van der Waals surface area contributed by atoms with Crippen molar-refractivity contribution in [3.05, 3.63) is 0 Å². The molecule has 114 valence electrons. The summed E-state index contributed by atoms with van der Waals surface area (Å²) in [6, 6.07) is 0.987. The predicted molar refractivity (Wildman–Crippen MR) is 79.6 cm³/mol. The number of fused-ring (bicyclic) bond motifs is 7. The predicted octanol–water partition coefficient (Wildman–Crippen LogP) is 1.30. The van der Waals surface area contributed by atoms with Crippen LogP contribution in [0.4, 0.5) is 0 Å². The maximum Gasteiger partial charge on any atom is 0.158 e. The molecule has 4 aliphatic heterocycles. The topological polar surface area (TPSA) is 52.5 Å². The minimum atomic E-state index is 0.191. The molecule has 5 rings (SSSR count). The van der Waals surface area contributed by atoms with Gasteiger partial charge in [-0.2, -0.15) is 10.2 Å². The van der Waals surface area contributed by atoms with Gasteiger partial charge in [0.25, 0.3) is 0 Å². The average Bonchev–Trinajstić information content (AvgIpc) is 3.18. The van der Waals surface area contributed by atoms with Crippen molar-refractivity contribution in [1.29, 1.82) is 0 Å². The van der Waals surface area contributed by atoms with Crippen LogP contribution in [0.15, 0.2) is 10.2 Å². The first-order valence-corrected chi connectivity index (χ1v) is 8.45. The minimum absolute atomic E-state index is 0.191. The fourth-order valence-corrected chi connectivity index (χ4v) is 5.15. The lowest BCUT2D eigenvalue weighted by Gasteiger charge is -2.43. The van der Waals surface area contributed by atoms with E-state index in [4.69, 9.17) is 9.84 Å². The van der Waals surface area contributed by atoms with Crippen LogP contribution in [0.1, 0.15) is 45.4 Å². The molecule has 6 nitrogen and oxygen atoms in total. The van der Waals surface area contributed by atoms with E-state index in [-0.39, 0.29) is 6.17 Å². The highest BCUT2D eigenvalue weighted by Gasteiger charge is 2.58. The molecule has 6 unspecified atom stereocenters. The van der Waals surface area contributed by atoms with Gasteiger partial charge in [0.05, 0.1) is 24.3 Å². The third-order valence-electron chi connectivity index (χ3n) is 5.95. The SMILES string of the molecule is CCC1=NN2C=NNC2C2CC3OC4CCCCC4C3N12. The number of ether oxygens (including phenoxy) is 1. The molecule has 2 saturated heterocycles. The van der Waals surface area contributed by atoms with E-state index in [0.29, 0.717) is 30.2 Å². The van der Waals surface area contributed by atoms with Gasteiger partial charge in [0.15, 0.2) is 6.17 Å². The van der Waals surface area contributed by atoms with Crippen LogP contribution in [0.3, 0.4) is 0 Å². The molecule has 0 bridgehead atoms. The van der Waals surface area contributed by atoms with Gasteiger partial charge in [-0.3, -0.25) is 5.43 Å². The first-order valence-electron chi connectivity index (χ1n) is 8.45. The maximum atomic E-state index is 6.44. The Morgan fingerprint density at radius 2 is 2.24 bits per heavy atom. The third-order valence-corrected chi connectivity index (χ3v) is 5.95. The van der Waals surface area contributed by atoms with Gasteiger partial charge in [-0.25, -0.2) is 5.01 Å². The van der Waals surface area contributed by atoms with Gasteiger partial charge >= 0.3 is 0 Å². The number of amidine groups is 1. The standard InChI is InChI=1S/C15H23N5O/c1-2-13-18-19-8-16-17-15(19)10-7-12-14(20(10)13)9-5-3-4-6-11(9)21-12/h8-12,14-15,17H,2-7H2,1H3. The molecule has 0 aromatic rings. The van der Waals surface area contributed by atoms with E-state index >= 15 is 0 Å². The largest absolute Gasteiger partial charge is 0.372 e. The zero-order valence-corrected chi connectivity index (χ0v) is 12.5. The second kappa shape index (κ2) is 4.35. The van der Waals surface area contributed by atoms with Gasteiger partial charge in [-0.15, -0.1) is 0 Å². The van der Waals surface area contributed by atoms with Crippen molar-refractivity contribution in [3.63, 3.8) is 0 Å². The smallest absolute Gasteiger partial charge is 0.158 e. The Bertz CT molecular complexity index is 506. The number of nitrogens with one attached hydrogen (secondary N) is 1. The molecular weight excluding hydrogens is 266 g/mol. The van der Waals surface area contributed by atoms with Crippen molar-refractivity contribution in [2.24, 2.45) is 16.1 Å². The third kappa shape index (κ3) is 1.57. The van der Waals surface area contributed by atoms with Crippen LogP contribution in [-0.2, 0) is 4.74 Å². The van der Waals surface area contributed by atoms with Gasteiger partial charge in [0.1, 0.15) is 12.2 Å². The highest BCUT2D eigenvalue weighted by molar-refractivity contribution is 5.85. The van der Waals surface area contributed by atoms with Crippen molar-refractivity contribution in [2.45, 2.75) is 75.9 Å². The van der Waals surface area contributed by atoms with Gasteiger partial charge in [-0.1, -0.05) is 19.8 Å². The lowest BCUT2D eigenvalue weighted by atomic mass is 9.82. The van der Waals surface area contributed by atoms with E-state index in [9.17, 15) is 0 Å². The van der Waals surface area contributed by atoms with Crippen LogP contribution >= 0.6 is 0 Å². The summed E-state index contributed by atoms with van der Waals surface area (Å²) in [5, 5.41) is 11.0. The quantitative estimate of drug-likeness (QED) is 0.790. The Morgan fingerprint density at radius 3 is 3.14 bits per heavy atom. The van der Waals surface area contributed by atoms with Crippen LogP contribution in [0.5, 0.6) is 0 Å². The second-order valence-electron chi connectivity index (χ2n) is 6.93. The van der Waals surface area contributed by atoms with Crippen LogP contribution in [0.25, 0.3) is 0 Å². The van der Waals surface area contributed by atoms with Crippen molar-refractivity contribution in [3.8, 4) is 0 Å². The first-order chi connectivity index (χ1) is 10.4. The Labute approximate surface area is 125 Å². The summed E-state index contributed by atoms with van der Waals surface area (Å²) in [6.45, 7) is 2.21. The Hall–Kier alpha value is -1.30. The van der Waals surface area contributed by atoms with Crippen LogP contribution in [-0.4, -0.2) is 52.5 Å². The highest BCUT2D eigenvalue weighted by Crippen LogP contribution is 2.48. The van der Waals surface area contributed by atoms with Crippen molar-refractivity contribution in [2.75, 3.05) is 0 Å². The monoisotopic (exact) mass is 289 g/mol. The zero-order chi connectivity index (χ0) is 14.0. The summed E-state index contributed by atoms with van der Waals surface area (Å²) in [5.41, 5.74) is 3.23. The molecule has 0 aromatic heterocycles. The maximum absolute atomic E-state index is 6.44. The molecule has 1 saturated carbocycles. The summed E-state index contributed by atoms with van der Waals surface area (Å²) < 4.78 is 6.44. The molecular formula is C15H23N5O. The Balaban J connectivity index is 1.51. The van der Waals surface area contributed by atoms with E-state index in [1.54, 1.807) is 0 Å². The lowest BCUT2D eigenvalue weighted by molar-refractivity contribution is 0.0118. The molecule has 1 N–H and O–H groups in total. The fourth-order valence-electron chi connectivity index (χ4n) is 5.15. The van der Waals surface area contributed by atoms with Gasteiger partial charge < -0.3 is 9.64 Å². The van der Waals surface area contributed by atoms with E-state index in [0.717, 1.165) is 12.8 Å². The van der Waals surface area contributed by atoms with Crippen molar-refractivity contribution >= 4 is 12.2 Å². The molecule has 6 atom stereocenters. The van der Waals surface area contributed by atoms with Crippen LogP contribution in [0, 0.1) is 5.92 Å². The van der Waals surface area contributed by atoms with Gasteiger partial charge in [0, 0.05) is 12.3 Å². The molecule has 5 aliphatic rings. The average molecular weight is 289 g/mol. The lowest BCUT2D eigenvalue weighted by Crippen LogP contribution is -2.59. The van der Waals surface area contributed by atoms with E-state index < -0.39 is 0 Å². The summed E-state index contributed by atoms with van der Waals surface area (Å²) in [6.07, 6.45) is 10.3. The molecule has 1 aliphatic carbocycles. The summed E-state index contributed by atoms with van der Waals surface area (Å²) in [5.74, 6) is 1.92. The minimum Gasteiger partial charge on any atom is -0.372 e. The zero-order valence-electron chi connectivity index (χ0n) is 12.5. The normalized spacial score (nSPS) is 46.6. The fraction of sp³-hybridized carbons (Fsp3) is 0.867. The molecule has 21 heavy (non-hydrogen) atoms. The van der Waals surface area contributed by atoms with Crippen molar-refractivity contribution in [1.82, 2.24) is 15.3 Å². The van der Waals surface area contributed by atoms with Crippen molar-refractivity contribution < 1.29 is 4.74 Å². The van der Waals surface area contributed by atoms with Gasteiger partial charge in [-0.05, 0) is 19.3 Å². The number of rotatable bonds is 1. The van der Waals surface area contributed by atoms with Crippen LogP contribution in [0.2, 0.25) is 0 Å². The second-order valence-corrected chi connectivity index (χ2v) is 6.93. The van der Waals surface area contributed by atoms with Crippen LogP contribution < -0.4 is 5.43 Å². The summed E-state index contributed by atoms with van der Waals surface area (Å²) in [4.78, 5) is 2.60. The number of hydrogen-bond donors (Lipinski definition) is 1. The molecule has 0 aromatic carbocycles. The van der Waals surface area contributed by atoms with E-state index in [2.05, 4.69) is 22.4 Å². The molecule has 0 radical (unpaired) electrons. The highest BCUT2D eigenvalue weighted by atomic mass is 16.5. The summed E-state index contributed by atoms with van der Waals surface area (Å²) >= 11 is 0.